The smallest absolute Gasteiger partial charge is 0.387 e. The lowest BCUT2D eigenvalue weighted by atomic mass is 9.87. The first kappa shape index (κ1) is 36.7. The van der Waals surface area contributed by atoms with E-state index >= 15 is 0 Å². The predicted octanol–water partition coefficient (Wildman–Crippen LogP) is 10.6. The number of nitrogens with zero attached hydrogens (tertiary/aromatic N) is 2. The number of hydrogen-bond acceptors (Lipinski definition) is 5. The van der Waals surface area contributed by atoms with Crippen LogP contribution < -0.4 is 4.74 Å². The molecule has 0 spiro atoms. The van der Waals surface area contributed by atoms with E-state index in [9.17, 15) is 22.4 Å². The Morgan fingerprint density at radius 2 is 1.37 bits per heavy atom. The minimum Gasteiger partial charge on any atom is -0.460 e. The van der Waals surface area contributed by atoms with Gasteiger partial charge in [0.2, 0.25) is 11.9 Å². The van der Waals surface area contributed by atoms with Gasteiger partial charge in [0.1, 0.15) is 11.4 Å². The van der Waals surface area contributed by atoms with E-state index in [2.05, 4.69) is 50.5 Å². The lowest BCUT2D eigenvalue weighted by molar-refractivity contribution is -0.153. The van der Waals surface area contributed by atoms with Crippen molar-refractivity contribution in [1.29, 1.82) is 0 Å². The first-order valence-corrected chi connectivity index (χ1v) is 15.6. The number of carbonyl (C=O) groups is 1. The fraction of sp³-hybridized carbons (Fsp3) is 0.361. The second-order valence-corrected chi connectivity index (χ2v) is 13.2. The van der Waals surface area contributed by atoms with Crippen LogP contribution in [0.3, 0.4) is 0 Å². The molecule has 10 heteroatoms. The lowest BCUT2D eigenvalue weighted by Gasteiger charge is -2.22. The number of benzene rings is 2. The molecule has 0 fully saturated rings. The fourth-order valence-electron chi connectivity index (χ4n) is 4.90. The average Bonchev–Trinajstić information content (AvgIpc) is 2.93. The maximum Gasteiger partial charge on any atom is 0.387 e. The Labute approximate surface area is 276 Å². The number of aromatic nitrogens is 2. The molecule has 2 aromatic carbocycles. The van der Waals surface area contributed by atoms with Gasteiger partial charge in [-0.3, -0.25) is 4.79 Å². The first-order chi connectivity index (χ1) is 21.4. The van der Waals surface area contributed by atoms with Crippen molar-refractivity contribution in [1.82, 2.24) is 9.97 Å². The maximum absolute atomic E-state index is 13.6. The molecule has 0 saturated carbocycles. The van der Waals surface area contributed by atoms with Crippen molar-refractivity contribution in [2.24, 2.45) is 0 Å². The summed E-state index contributed by atoms with van der Waals surface area (Å²) in [4.78, 5) is 19.5. The fourth-order valence-corrected chi connectivity index (χ4v) is 5.81. The van der Waals surface area contributed by atoms with Gasteiger partial charge in [-0.2, -0.15) is 17.6 Å². The van der Waals surface area contributed by atoms with Gasteiger partial charge in [-0.05, 0) is 113 Å². The van der Waals surface area contributed by atoms with E-state index in [1.165, 1.54) is 30.6 Å². The Hall–Kier alpha value is -3.79. The van der Waals surface area contributed by atoms with Gasteiger partial charge in [0.25, 0.3) is 0 Å². The van der Waals surface area contributed by atoms with Crippen LogP contribution in [-0.4, -0.2) is 28.1 Å². The SMILES string of the molecule is CC(C)c1cc(OC(F)F)cc(-c2ccnc(F)c2)c1Br.Cc1cc(-c2ccnc(F)c2)c(CC(=O)OC(C)(C)C)c(C(C)C)c1. The molecule has 0 aliphatic rings. The minimum absolute atomic E-state index is 0.0455. The summed E-state index contributed by atoms with van der Waals surface area (Å²) in [7, 11) is 0. The molecule has 0 N–H and O–H groups in total. The maximum atomic E-state index is 13.6. The van der Waals surface area contributed by atoms with E-state index < -0.39 is 24.1 Å². The van der Waals surface area contributed by atoms with Gasteiger partial charge >= 0.3 is 12.6 Å². The highest BCUT2D eigenvalue weighted by atomic mass is 79.9. The molecule has 0 radical (unpaired) electrons. The second-order valence-electron chi connectivity index (χ2n) is 12.4. The topological polar surface area (TPSA) is 61.3 Å². The number of carbonyl (C=O) groups excluding carboxylic acids is 1. The molecule has 0 saturated heterocycles. The van der Waals surface area contributed by atoms with E-state index in [0.717, 1.165) is 37.9 Å². The predicted molar refractivity (Wildman–Crippen MR) is 176 cm³/mol. The summed E-state index contributed by atoms with van der Waals surface area (Å²) in [5.74, 6) is -1.08. The van der Waals surface area contributed by atoms with Crippen LogP contribution in [-0.2, 0) is 16.0 Å². The Balaban J connectivity index is 0.000000254. The number of hydrogen-bond donors (Lipinski definition) is 0. The zero-order chi connectivity index (χ0) is 34.3. The van der Waals surface area contributed by atoms with Gasteiger partial charge in [-0.15, -0.1) is 0 Å². The molecule has 0 atom stereocenters. The molecule has 2 aromatic heterocycles. The van der Waals surface area contributed by atoms with Crippen molar-refractivity contribution in [3.8, 4) is 28.0 Å². The van der Waals surface area contributed by atoms with Crippen molar-refractivity contribution >= 4 is 21.9 Å². The summed E-state index contributed by atoms with van der Waals surface area (Å²) < 4.78 is 62.5. The van der Waals surface area contributed by atoms with Crippen LogP contribution in [0.1, 0.15) is 82.6 Å². The summed E-state index contributed by atoms with van der Waals surface area (Å²) in [5.41, 5.74) is 6.01. The number of rotatable bonds is 8. The van der Waals surface area contributed by atoms with Crippen LogP contribution in [0, 0.1) is 18.8 Å². The van der Waals surface area contributed by atoms with Gasteiger partial charge in [0, 0.05) is 34.6 Å². The number of aryl methyl sites for hydroxylation is 1. The number of esters is 1. The molecule has 0 aliphatic heterocycles. The van der Waals surface area contributed by atoms with E-state index in [1.807, 2.05) is 47.6 Å². The van der Waals surface area contributed by atoms with Gasteiger partial charge in [0.15, 0.2) is 0 Å². The van der Waals surface area contributed by atoms with Crippen molar-refractivity contribution in [3.63, 3.8) is 0 Å². The largest absolute Gasteiger partial charge is 0.460 e. The molecule has 0 aliphatic carbocycles. The molecule has 0 bridgehead atoms. The summed E-state index contributed by atoms with van der Waals surface area (Å²) in [6.45, 7) is 12.7. The molecule has 0 amide bonds. The Bertz CT molecular complexity index is 1670. The number of ether oxygens (including phenoxy) is 2. The third kappa shape index (κ3) is 10.4. The van der Waals surface area contributed by atoms with Crippen LogP contribution in [0.2, 0.25) is 0 Å². The minimum atomic E-state index is -2.91. The van der Waals surface area contributed by atoms with Gasteiger partial charge in [-0.25, -0.2) is 9.97 Å². The van der Waals surface area contributed by atoms with Crippen molar-refractivity contribution < 1.29 is 31.8 Å². The Kier molecular flexibility index (Phi) is 12.5. The third-order valence-corrected chi connectivity index (χ3v) is 7.67. The highest BCUT2D eigenvalue weighted by Crippen LogP contribution is 2.39. The van der Waals surface area contributed by atoms with Crippen molar-refractivity contribution in [2.75, 3.05) is 0 Å². The number of alkyl halides is 2. The molecule has 246 valence electrons. The molecule has 4 aromatic rings. The van der Waals surface area contributed by atoms with Gasteiger partial charge in [0.05, 0.1) is 6.42 Å². The van der Waals surface area contributed by atoms with Gasteiger partial charge < -0.3 is 9.47 Å². The molecule has 0 unspecified atom stereocenters. The number of halogens is 5. The highest BCUT2D eigenvalue weighted by molar-refractivity contribution is 9.10. The van der Waals surface area contributed by atoms with E-state index in [-0.39, 0.29) is 30.0 Å². The molecule has 5 nitrogen and oxygen atoms in total. The standard InChI is InChI=1S/C21H26FNO2.C15H13BrF3NO/c1-13(2)16-9-14(3)10-17(15-7-8-23-19(22)11-15)18(16)12-20(24)25-21(4,5)6;1-8(2)11-6-10(21-15(18)19)7-12(14(11)16)9-3-4-20-13(17)5-9/h7-11,13H,12H2,1-6H3;3-8,15H,1-2H3. The third-order valence-electron chi connectivity index (χ3n) is 6.79. The zero-order valence-electron chi connectivity index (χ0n) is 27.2. The van der Waals surface area contributed by atoms with Gasteiger partial charge in [-0.1, -0.05) is 45.4 Å². The summed E-state index contributed by atoms with van der Waals surface area (Å²) >= 11 is 3.46. The second kappa shape index (κ2) is 15.7. The van der Waals surface area contributed by atoms with Crippen LogP contribution >= 0.6 is 15.9 Å². The van der Waals surface area contributed by atoms with Crippen LogP contribution in [0.5, 0.6) is 5.75 Å². The Morgan fingerprint density at radius 3 is 1.85 bits per heavy atom. The molecule has 4 rings (SSSR count). The van der Waals surface area contributed by atoms with E-state index in [4.69, 9.17) is 4.74 Å². The number of pyridine rings is 2. The van der Waals surface area contributed by atoms with Crippen molar-refractivity contribution in [2.45, 2.75) is 85.9 Å². The molecule has 46 heavy (non-hydrogen) atoms. The normalized spacial score (nSPS) is 11.5. The quantitative estimate of drug-likeness (QED) is 0.104. The highest BCUT2D eigenvalue weighted by Gasteiger charge is 2.22. The van der Waals surface area contributed by atoms with Crippen LogP contribution in [0.15, 0.2) is 65.4 Å². The molecular formula is C36H39BrF4N2O3. The summed E-state index contributed by atoms with van der Waals surface area (Å²) in [6.07, 6.45) is 2.93. The van der Waals surface area contributed by atoms with Crippen LogP contribution in [0.4, 0.5) is 17.6 Å². The van der Waals surface area contributed by atoms with Crippen molar-refractivity contribution in [3.05, 3.63) is 99.5 Å². The summed E-state index contributed by atoms with van der Waals surface area (Å²) in [6, 6.07) is 13.1. The average molecular weight is 704 g/mol. The lowest BCUT2D eigenvalue weighted by Crippen LogP contribution is -2.25. The van der Waals surface area contributed by atoms with E-state index in [1.54, 1.807) is 18.2 Å². The summed E-state index contributed by atoms with van der Waals surface area (Å²) in [5, 5.41) is 0. The molecular weight excluding hydrogens is 664 g/mol. The van der Waals surface area contributed by atoms with E-state index in [0.29, 0.717) is 11.1 Å². The Morgan fingerprint density at radius 1 is 0.826 bits per heavy atom. The first-order valence-electron chi connectivity index (χ1n) is 14.8. The monoisotopic (exact) mass is 702 g/mol. The zero-order valence-corrected chi connectivity index (χ0v) is 28.8. The molecule has 2 heterocycles. The van der Waals surface area contributed by atoms with Crippen LogP contribution in [0.25, 0.3) is 22.3 Å².